The highest BCUT2D eigenvalue weighted by Gasteiger charge is 2.26. The largest absolute Gasteiger partial charge is 0.478 e. The SMILES string of the molecule is CC(C)c1nc2scc(C(=O)O)c2c(=O)n1C(C)C(=O)Nc1ccc(Oc2ccccc2)cc1. The van der Waals surface area contributed by atoms with E-state index in [0.717, 1.165) is 11.3 Å². The van der Waals surface area contributed by atoms with Crippen molar-refractivity contribution in [2.45, 2.75) is 32.7 Å². The summed E-state index contributed by atoms with van der Waals surface area (Å²) in [6.07, 6.45) is 0. The van der Waals surface area contributed by atoms with Crippen LogP contribution in [0.25, 0.3) is 10.2 Å². The molecule has 0 aliphatic rings. The Kier molecular flexibility index (Phi) is 6.47. The Bertz CT molecular complexity index is 1410. The number of anilines is 1. The fourth-order valence-electron chi connectivity index (χ4n) is 3.55. The number of aromatic carboxylic acids is 1. The fraction of sp³-hybridized carbons (Fsp3) is 0.200. The number of carboxylic acids is 1. The minimum Gasteiger partial charge on any atom is -0.478 e. The Morgan fingerprint density at radius 3 is 2.29 bits per heavy atom. The normalized spacial score (nSPS) is 12.0. The molecule has 9 heteroatoms. The van der Waals surface area contributed by atoms with Crippen LogP contribution in [-0.2, 0) is 4.79 Å². The molecule has 0 spiro atoms. The van der Waals surface area contributed by atoms with Crippen LogP contribution in [0.2, 0.25) is 0 Å². The molecule has 2 aromatic heterocycles. The van der Waals surface area contributed by atoms with Crippen molar-refractivity contribution in [3.05, 3.63) is 81.7 Å². The number of rotatable bonds is 7. The Morgan fingerprint density at radius 2 is 1.68 bits per heavy atom. The second-order valence-corrected chi connectivity index (χ2v) is 8.90. The van der Waals surface area contributed by atoms with Gasteiger partial charge in [0.2, 0.25) is 5.91 Å². The van der Waals surface area contributed by atoms with Crippen molar-refractivity contribution in [3.8, 4) is 11.5 Å². The van der Waals surface area contributed by atoms with E-state index in [1.54, 1.807) is 31.2 Å². The molecule has 2 aromatic carbocycles. The summed E-state index contributed by atoms with van der Waals surface area (Å²) < 4.78 is 7.05. The van der Waals surface area contributed by atoms with E-state index in [-0.39, 0.29) is 16.9 Å². The molecule has 8 nitrogen and oxygen atoms in total. The molecule has 0 saturated heterocycles. The van der Waals surface area contributed by atoms with Crippen LogP contribution in [0.15, 0.2) is 64.8 Å². The number of amides is 1. The highest BCUT2D eigenvalue weighted by Crippen LogP contribution is 2.26. The maximum Gasteiger partial charge on any atom is 0.337 e. The van der Waals surface area contributed by atoms with Crippen LogP contribution in [0.5, 0.6) is 11.5 Å². The van der Waals surface area contributed by atoms with Crippen molar-refractivity contribution >= 4 is 39.1 Å². The van der Waals surface area contributed by atoms with Gasteiger partial charge in [-0.25, -0.2) is 9.78 Å². The third-order valence-electron chi connectivity index (χ3n) is 5.28. The first-order chi connectivity index (χ1) is 16.3. The molecule has 0 bridgehead atoms. The summed E-state index contributed by atoms with van der Waals surface area (Å²) in [4.78, 5) is 42.9. The van der Waals surface area contributed by atoms with Crippen molar-refractivity contribution in [2.75, 3.05) is 5.32 Å². The van der Waals surface area contributed by atoms with Crippen molar-refractivity contribution < 1.29 is 19.4 Å². The number of fused-ring (bicyclic) bond motifs is 1. The number of carbonyl (C=O) groups is 2. The number of aromatic nitrogens is 2. The number of nitrogens with zero attached hydrogens (tertiary/aromatic N) is 2. The molecule has 0 fully saturated rings. The topological polar surface area (TPSA) is 111 Å². The highest BCUT2D eigenvalue weighted by molar-refractivity contribution is 7.17. The van der Waals surface area contributed by atoms with Crippen LogP contribution >= 0.6 is 11.3 Å². The van der Waals surface area contributed by atoms with Crippen LogP contribution in [0.1, 0.15) is 48.9 Å². The number of hydrogen-bond acceptors (Lipinski definition) is 6. The molecule has 0 saturated carbocycles. The first kappa shape index (κ1) is 23.2. The van der Waals surface area contributed by atoms with Gasteiger partial charge in [-0.1, -0.05) is 32.0 Å². The molecule has 0 radical (unpaired) electrons. The summed E-state index contributed by atoms with van der Waals surface area (Å²) in [6, 6.07) is 15.3. The zero-order valence-electron chi connectivity index (χ0n) is 18.8. The van der Waals surface area contributed by atoms with E-state index in [1.165, 1.54) is 9.95 Å². The van der Waals surface area contributed by atoms with Gasteiger partial charge in [0.25, 0.3) is 5.56 Å². The van der Waals surface area contributed by atoms with Gasteiger partial charge >= 0.3 is 5.97 Å². The third-order valence-corrected chi connectivity index (χ3v) is 6.15. The monoisotopic (exact) mass is 477 g/mol. The van der Waals surface area contributed by atoms with Gasteiger partial charge in [0.15, 0.2) is 0 Å². The van der Waals surface area contributed by atoms with E-state index in [4.69, 9.17) is 4.74 Å². The van der Waals surface area contributed by atoms with Crippen LogP contribution < -0.4 is 15.6 Å². The minimum atomic E-state index is -1.20. The fourth-order valence-corrected chi connectivity index (χ4v) is 4.46. The van der Waals surface area contributed by atoms with Gasteiger partial charge in [0.1, 0.15) is 28.2 Å². The zero-order valence-corrected chi connectivity index (χ0v) is 19.6. The van der Waals surface area contributed by atoms with Gasteiger partial charge in [-0.15, -0.1) is 11.3 Å². The Morgan fingerprint density at radius 1 is 1.03 bits per heavy atom. The Hall–Kier alpha value is -3.98. The molecule has 4 rings (SSSR count). The van der Waals surface area contributed by atoms with Crippen molar-refractivity contribution in [3.63, 3.8) is 0 Å². The lowest BCUT2D eigenvalue weighted by molar-refractivity contribution is -0.119. The molecule has 1 amide bonds. The molecule has 1 unspecified atom stereocenters. The number of carbonyl (C=O) groups excluding carboxylic acids is 1. The summed E-state index contributed by atoms with van der Waals surface area (Å²) in [5.74, 6) is -0.0463. The predicted octanol–water partition coefficient (Wildman–Crippen LogP) is 5.27. The van der Waals surface area contributed by atoms with E-state index in [2.05, 4.69) is 10.3 Å². The molecule has 1 atom stereocenters. The maximum atomic E-state index is 13.3. The van der Waals surface area contributed by atoms with Gasteiger partial charge in [-0.05, 0) is 43.3 Å². The van der Waals surface area contributed by atoms with Crippen molar-refractivity contribution in [1.82, 2.24) is 9.55 Å². The van der Waals surface area contributed by atoms with Gasteiger partial charge in [0, 0.05) is 17.0 Å². The predicted molar refractivity (Wildman–Crippen MR) is 131 cm³/mol. The second-order valence-electron chi connectivity index (χ2n) is 8.04. The number of thiophene rings is 1. The number of nitrogens with one attached hydrogen (secondary N) is 1. The van der Waals surface area contributed by atoms with Crippen LogP contribution in [0.4, 0.5) is 5.69 Å². The van der Waals surface area contributed by atoms with Gasteiger partial charge in [0.05, 0.1) is 10.9 Å². The van der Waals surface area contributed by atoms with Crippen molar-refractivity contribution in [1.29, 1.82) is 0 Å². The quantitative estimate of drug-likeness (QED) is 0.375. The average Bonchev–Trinajstić information content (AvgIpc) is 3.25. The molecule has 2 heterocycles. The highest BCUT2D eigenvalue weighted by atomic mass is 32.1. The molecular formula is C25H23N3O5S. The van der Waals surface area contributed by atoms with Crippen LogP contribution in [0, 0.1) is 0 Å². The molecule has 2 N–H and O–H groups in total. The number of benzene rings is 2. The molecular weight excluding hydrogens is 454 g/mol. The minimum absolute atomic E-state index is 0.0176. The lowest BCUT2D eigenvalue weighted by atomic mass is 10.1. The number of ether oxygens (including phenoxy) is 1. The van der Waals surface area contributed by atoms with E-state index in [1.807, 2.05) is 44.2 Å². The lowest BCUT2D eigenvalue weighted by Gasteiger charge is -2.21. The Balaban J connectivity index is 1.61. The number of hydrogen-bond donors (Lipinski definition) is 2. The number of para-hydroxylation sites is 1. The maximum absolute atomic E-state index is 13.3. The summed E-state index contributed by atoms with van der Waals surface area (Å²) in [5, 5.41) is 13.7. The van der Waals surface area contributed by atoms with E-state index in [9.17, 15) is 19.5 Å². The number of carboxylic acid groups (broad SMARTS) is 1. The molecule has 34 heavy (non-hydrogen) atoms. The van der Waals surface area contributed by atoms with E-state index >= 15 is 0 Å². The molecule has 0 aliphatic heterocycles. The van der Waals surface area contributed by atoms with Gasteiger partial charge < -0.3 is 15.2 Å². The summed E-state index contributed by atoms with van der Waals surface area (Å²) in [6.45, 7) is 5.33. The van der Waals surface area contributed by atoms with Crippen molar-refractivity contribution in [2.24, 2.45) is 0 Å². The Labute approximate surface area is 199 Å². The second kappa shape index (κ2) is 9.48. The zero-order chi connectivity index (χ0) is 24.4. The van der Waals surface area contributed by atoms with Crippen LogP contribution in [0.3, 0.4) is 0 Å². The molecule has 4 aromatic rings. The average molecular weight is 478 g/mol. The van der Waals surface area contributed by atoms with Gasteiger partial charge in [-0.3, -0.25) is 14.2 Å². The summed E-state index contributed by atoms with van der Waals surface area (Å²) in [7, 11) is 0. The molecule has 174 valence electrons. The first-order valence-electron chi connectivity index (χ1n) is 10.7. The summed E-state index contributed by atoms with van der Waals surface area (Å²) in [5.41, 5.74) is -0.114. The van der Waals surface area contributed by atoms with E-state index < -0.39 is 23.5 Å². The summed E-state index contributed by atoms with van der Waals surface area (Å²) >= 11 is 1.10. The van der Waals surface area contributed by atoms with Gasteiger partial charge in [-0.2, -0.15) is 0 Å². The smallest absolute Gasteiger partial charge is 0.337 e. The van der Waals surface area contributed by atoms with E-state index in [0.29, 0.717) is 27.8 Å². The first-order valence-corrected chi connectivity index (χ1v) is 11.5. The third kappa shape index (κ3) is 4.55. The standard InChI is InChI=1S/C25H23N3O5S/c1-14(2)21-27-23-20(19(13-34-23)25(31)32)24(30)28(21)15(3)22(29)26-16-9-11-18(12-10-16)33-17-7-5-4-6-8-17/h4-15H,1-3H3,(H,26,29)(H,31,32). The lowest BCUT2D eigenvalue weighted by Crippen LogP contribution is -2.35. The molecule has 0 aliphatic carbocycles. The van der Waals surface area contributed by atoms with Crippen LogP contribution in [-0.4, -0.2) is 26.5 Å².